The number of piperidine rings is 1. The lowest BCUT2D eigenvalue weighted by molar-refractivity contribution is 0.376. The van der Waals surface area contributed by atoms with Crippen LogP contribution in [0.4, 0.5) is 0 Å². The molecule has 9 heteroatoms. The number of H-pyrrole nitrogens is 2. The van der Waals surface area contributed by atoms with Gasteiger partial charge in [-0.2, -0.15) is 0 Å². The van der Waals surface area contributed by atoms with Crippen LogP contribution in [0.5, 0.6) is 0 Å². The van der Waals surface area contributed by atoms with E-state index in [1.165, 1.54) is 18.2 Å². The van der Waals surface area contributed by atoms with Crippen LogP contribution in [0.15, 0.2) is 32.7 Å². The van der Waals surface area contributed by atoms with E-state index in [2.05, 4.69) is 20.0 Å². The molecule has 2 heterocycles. The highest BCUT2D eigenvalue weighted by Crippen LogP contribution is 2.15. The van der Waals surface area contributed by atoms with Gasteiger partial charge in [-0.3, -0.25) is 9.78 Å². The van der Waals surface area contributed by atoms with Crippen LogP contribution in [-0.2, 0) is 10.0 Å². The van der Waals surface area contributed by atoms with Gasteiger partial charge in [-0.1, -0.05) is 0 Å². The molecular formula is C14H18N4O4S. The Bertz CT molecular complexity index is 926. The topological polar surface area (TPSA) is 124 Å². The average Bonchev–Trinajstić information content (AvgIpc) is 2.53. The van der Waals surface area contributed by atoms with Crippen LogP contribution in [0.25, 0.3) is 10.9 Å². The average molecular weight is 338 g/mol. The van der Waals surface area contributed by atoms with Crippen molar-refractivity contribution >= 4 is 20.9 Å². The highest BCUT2D eigenvalue weighted by Gasteiger charge is 2.19. The summed E-state index contributed by atoms with van der Waals surface area (Å²) in [6.07, 6.45) is 2.01. The molecule has 0 radical (unpaired) electrons. The monoisotopic (exact) mass is 338 g/mol. The van der Waals surface area contributed by atoms with E-state index in [1.54, 1.807) is 0 Å². The molecule has 8 nitrogen and oxygen atoms in total. The normalized spacial score (nSPS) is 19.0. The number of hydrogen-bond donors (Lipinski definition) is 4. The number of hydrogen-bond acceptors (Lipinski definition) is 5. The van der Waals surface area contributed by atoms with Crippen molar-refractivity contribution < 1.29 is 8.42 Å². The maximum absolute atomic E-state index is 12.4. The van der Waals surface area contributed by atoms with Crippen LogP contribution in [0.1, 0.15) is 12.8 Å². The van der Waals surface area contributed by atoms with Gasteiger partial charge >= 0.3 is 5.69 Å². The molecule has 1 atom stereocenters. The molecule has 0 saturated carbocycles. The zero-order valence-electron chi connectivity index (χ0n) is 12.4. The summed E-state index contributed by atoms with van der Waals surface area (Å²) in [7, 11) is -3.70. The van der Waals surface area contributed by atoms with E-state index in [9.17, 15) is 18.0 Å². The van der Waals surface area contributed by atoms with Gasteiger partial charge in [0.1, 0.15) is 0 Å². The molecule has 0 spiro atoms. The zero-order valence-corrected chi connectivity index (χ0v) is 13.2. The van der Waals surface area contributed by atoms with Crippen molar-refractivity contribution in [3.05, 3.63) is 39.0 Å². The second-order valence-electron chi connectivity index (χ2n) is 5.68. The molecule has 3 rings (SSSR count). The predicted molar refractivity (Wildman–Crippen MR) is 86.0 cm³/mol. The molecule has 0 aliphatic carbocycles. The number of rotatable bonds is 4. The lowest BCUT2D eigenvalue weighted by Gasteiger charge is -2.22. The van der Waals surface area contributed by atoms with Crippen LogP contribution in [0.2, 0.25) is 0 Å². The van der Waals surface area contributed by atoms with Crippen molar-refractivity contribution in [2.45, 2.75) is 17.7 Å². The molecular weight excluding hydrogens is 320 g/mol. The van der Waals surface area contributed by atoms with Gasteiger partial charge in [0.05, 0.1) is 15.8 Å². The van der Waals surface area contributed by atoms with Gasteiger partial charge in [0.2, 0.25) is 10.0 Å². The maximum Gasteiger partial charge on any atom is 0.326 e. The van der Waals surface area contributed by atoms with Crippen molar-refractivity contribution in [1.82, 2.24) is 20.0 Å². The largest absolute Gasteiger partial charge is 0.326 e. The van der Waals surface area contributed by atoms with Gasteiger partial charge in [-0.25, -0.2) is 17.9 Å². The minimum absolute atomic E-state index is 0.00585. The summed E-state index contributed by atoms with van der Waals surface area (Å²) in [6, 6.07) is 4.06. The fraction of sp³-hybridized carbons (Fsp3) is 0.429. The number of aromatic amines is 2. The number of fused-ring (bicyclic) bond motifs is 1. The fourth-order valence-electron chi connectivity index (χ4n) is 2.72. The van der Waals surface area contributed by atoms with Crippen LogP contribution in [0, 0.1) is 5.92 Å². The lowest BCUT2D eigenvalue weighted by Crippen LogP contribution is -2.38. The summed E-state index contributed by atoms with van der Waals surface area (Å²) in [4.78, 5) is 27.6. The Balaban J connectivity index is 1.86. The van der Waals surface area contributed by atoms with Gasteiger partial charge in [-0.15, -0.1) is 0 Å². The molecule has 124 valence electrons. The standard InChI is InChI=1S/C14H18N4O4S/c19-13-11-6-10(3-4-12(11)17-14(20)18-13)23(21,22)16-8-9-2-1-5-15-7-9/h3-4,6,9,15-16H,1-2,5,7-8H2,(H2,17,18,19,20). The quantitative estimate of drug-likeness (QED) is 0.598. The van der Waals surface area contributed by atoms with Crippen LogP contribution in [-0.4, -0.2) is 38.0 Å². The Morgan fingerprint density at radius 3 is 2.78 bits per heavy atom. The van der Waals surface area contributed by atoms with E-state index in [0.717, 1.165) is 25.9 Å². The summed E-state index contributed by atoms with van der Waals surface area (Å²) >= 11 is 0. The lowest BCUT2D eigenvalue weighted by atomic mass is 10.0. The van der Waals surface area contributed by atoms with E-state index in [-0.39, 0.29) is 16.2 Å². The third-order valence-corrected chi connectivity index (χ3v) is 5.40. The summed E-state index contributed by atoms with van der Waals surface area (Å²) in [5, 5.41) is 3.37. The minimum atomic E-state index is -3.70. The first-order valence-electron chi connectivity index (χ1n) is 7.42. The van der Waals surface area contributed by atoms with E-state index in [4.69, 9.17) is 0 Å². The van der Waals surface area contributed by atoms with Gasteiger partial charge in [-0.05, 0) is 50.0 Å². The minimum Gasteiger partial charge on any atom is -0.316 e. The Morgan fingerprint density at radius 1 is 1.22 bits per heavy atom. The van der Waals surface area contributed by atoms with Crippen LogP contribution < -0.4 is 21.3 Å². The molecule has 1 aromatic carbocycles. The summed E-state index contributed by atoms with van der Waals surface area (Å²) in [6.45, 7) is 2.12. The number of nitrogens with one attached hydrogen (secondary N) is 4. The summed E-state index contributed by atoms with van der Waals surface area (Å²) < 4.78 is 27.4. The van der Waals surface area contributed by atoms with Gasteiger partial charge < -0.3 is 10.3 Å². The first kappa shape index (κ1) is 15.9. The van der Waals surface area contributed by atoms with Gasteiger partial charge in [0, 0.05) is 6.54 Å². The highest BCUT2D eigenvalue weighted by atomic mass is 32.2. The summed E-state index contributed by atoms with van der Waals surface area (Å²) in [5.74, 6) is 0.263. The van der Waals surface area contributed by atoms with Crippen LogP contribution in [0.3, 0.4) is 0 Å². The Kier molecular flexibility index (Phi) is 4.33. The third-order valence-electron chi connectivity index (χ3n) is 3.98. The first-order chi connectivity index (χ1) is 11.0. The second kappa shape index (κ2) is 6.26. The van der Waals surface area contributed by atoms with Crippen molar-refractivity contribution in [2.24, 2.45) is 5.92 Å². The van der Waals surface area contributed by atoms with Gasteiger partial charge in [0.25, 0.3) is 5.56 Å². The smallest absolute Gasteiger partial charge is 0.316 e. The second-order valence-corrected chi connectivity index (χ2v) is 7.45. The fourth-order valence-corrected chi connectivity index (χ4v) is 3.86. The first-order valence-corrected chi connectivity index (χ1v) is 8.91. The van der Waals surface area contributed by atoms with Gasteiger partial charge in [0.15, 0.2) is 0 Å². The predicted octanol–water partition coefficient (Wildman–Crippen LogP) is -0.506. The molecule has 1 aromatic heterocycles. The van der Waals surface area contributed by atoms with Crippen molar-refractivity contribution in [3.63, 3.8) is 0 Å². The molecule has 1 unspecified atom stereocenters. The Morgan fingerprint density at radius 2 is 2.04 bits per heavy atom. The highest BCUT2D eigenvalue weighted by molar-refractivity contribution is 7.89. The Labute approximate surface area is 132 Å². The molecule has 4 N–H and O–H groups in total. The molecule has 0 bridgehead atoms. The molecule has 1 aliphatic heterocycles. The maximum atomic E-state index is 12.4. The van der Waals surface area contributed by atoms with E-state index in [0.29, 0.717) is 12.1 Å². The third kappa shape index (κ3) is 3.52. The Hall–Kier alpha value is -1.97. The van der Waals surface area contributed by atoms with Crippen LogP contribution >= 0.6 is 0 Å². The van der Waals surface area contributed by atoms with Crippen molar-refractivity contribution in [1.29, 1.82) is 0 Å². The number of benzene rings is 1. The number of aromatic nitrogens is 2. The van der Waals surface area contributed by atoms with E-state index >= 15 is 0 Å². The molecule has 1 fully saturated rings. The summed E-state index contributed by atoms with van der Waals surface area (Å²) in [5.41, 5.74) is -0.938. The van der Waals surface area contributed by atoms with Crippen molar-refractivity contribution in [3.8, 4) is 0 Å². The van der Waals surface area contributed by atoms with Crippen molar-refractivity contribution in [2.75, 3.05) is 19.6 Å². The molecule has 23 heavy (non-hydrogen) atoms. The van der Waals surface area contributed by atoms with E-state index < -0.39 is 21.3 Å². The van der Waals surface area contributed by atoms with E-state index in [1.807, 2.05) is 0 Å². The number of sulfonamides is 1. The SMILES string of the molecule is O=c1[nH]c(=O)c2cc(S(=O)(=O)NCC3CCCNC3)ccc2[nH]1. The molecule has 1 aliphatic rings. The molecule has 1 saturated heterocycles. The molecule has 2 aromatic rings. The zero-order chi connectivity index (χ0) is 16.4. The molecule has 0 amide bonds.